The molecule has 0 bridgehead atoms. The Kier molecular flexibility index (Phi) is 3.16. The molecule has 0 radical (unpaired) electrons. The number of nitrogens with zero attached hydrogens (tertiary/aromatic N) is 2. The van der Waals surface area contributed by atoms with Crippen molar-refractivity contribution in [1.29, 1.82) is 0 Å². The van der Waals surface area contributed by atoms with E-state index in [1.54, 1.807) is 29.0 Å². The molecule has 118 valence electrons. The Morgan fingerprint density at radius 1 is 1.21 bits per heavy atom. The lowest BCUT2D eigenvalue weighted by molar-refractivity contribution is -0.130. The number of benzene rings is 1. The minimum absolute atomic E-state index is 0.107. The van der Waals surface area contributed by atoms with Crippen molar-refractivity contribution in [2.75, 3.05) is 0 Å². The summed E-state index contributed by atoms with van der Waals surface area (Å²) in [6, 6.07) is 10.8. The van der Waals surface area contributed by atoms with E-state index in [2.05, 4.69) is 4.99 Å². The van der Waals surface area contributed by atoms with Crippen LogP contribution in [0.1, 0.15) is 23.0 Å². The minimum atomic E-state index is -0.555. The molecule has 0 fully saturated rings. The van der Waals surface area contributed by atoms with Gasteiger partial charge in [0.15, 0.2) is 11.5 Å². The normalized spacial score (nSPS) is 15.8. The zero-order valence-electron chi connectivity index (χ0n) is 12.7. The number of esters is 1. The topological polar surface area (TPSA) is 73.8 Å². The molecular weight excluding hydrogens is 308 g/mol. The maximum atomic E-state index is 12.0. The van der Waals surface area contributed by atoms with Crippen LogP contribution >= 0.6 is 0 Å². The fourth-order valence-corrected chi connectivity index (χ4v) is 2.64. The number of cyclic esters (lactones) is 1. The van der Waals surface area contributed by atoms with Gasteiger partial charge in [0, 0.05) is 24.1 Å². The van der Waals surface area contributed by atoms with E-state index in [4.69, 9.17) is 9.15 Å². The molecule has 3 heterocycles. The van der Waals surface area contributed by atoms with Gasteiger partial charge in [0.25, 0.3) is 5.90 Å². The molecule has 0 saturated carbocycles. The number of hydrogen-bond acceptors (Lipinski definition) is 5. The van der Waals surface area contributed by atoms with Crippen molar-refractivity contribution in [3.05, 3.63) is 65.9 Å². The quantitative estimate of drug-likeness (QED) is 0.537. The smallest absolute Gasteiger partial charge is 0.363 e. The van der Waals surface area contributed by atoms with E-state index < -0.39 is 5.97 Å². The molecule has 0 N–H and O–H groups in total. The van der Waals surface area contributed by atoms with Gasteiger partial charge in [-0.2, -0.15) is 0 Å². The number of rotatable bonds is 2. The largest absolute Gasteiger partial charge is 0.459 e. The highest BCUT2D eigenvalue weighted by molar-refractivity contribution is 6.12. The first-order valence-electron chi connectivity index (χ1n) is 7.31. The summed E-state index contributed by atoms with van der Waals surface area (Å²) in [5, 5.41) is 0.856. The first kappa shape index (κ1) is 14.2. The number of ether oxygens (including phenoxy) is 1. The van der Waals surface area contributed by atoms with Crippen LogP contribution in [0.15, 0.2) is 64.0 Å². The molecule has 24 heavy (non-hydrogen) atoms. The summed E-state index contributed by atoms with van der Waals surface area (Å²) in [5.74, 6) is -0.143. The number of fused-ring (bicyclic) bond motifs is 1. The third-order valence-corrected chi connectivity index (χ3v) is 3.73. The second kappa shape index (κ2) is 5.34. The van der Waals surface area contributed by atoms with Crippen LogP contribution in [-0.2, 0) is 9.53 Å². The Balaban J connectivity index is 1.83. The standard InChI is InChI=1S/C18H12N2O4/c1-11(21)20-10-12(13-5-2-3-6-15(13)20)9-14-18(22)24-17(19-14)16-7-4-8-23-16/h2-10H,1H3/b14-9+. The third kappa shape index (κ3) is 2.25. The molecule has 4 rings (SSSR count). The lowest BCUT2D eigenvalue weighted by Gasteiger charge is -1.96. The predicted octanol–water partition coefficient (Wildman–Crippen LogP) is 3.24. The molecule has 0 saturated heterocycles. The summed E-state index contributed by atoms with van der Waals surface area (Å²) >= 11 is 0. The van der Waals surface area contributed by atoms with Crippen LogP contribution in [0.5, 0.6) is 0 Å². The molecule has 0 unspecified atom stereocenters. The molecule has 6 nitrogen and oxygen atoms in total. The molecule has 2 aromatic heterocycles. The van der Waals surface area contributed by atoms with Crippen molar-refractivity contribution in [3.8, 4) is 0 Å². The number of carbonyl (C=O) groups excluding carboxylic acids is 2. The number of aliphatic imine (C=N–C) groups is 1. The molecule has 1 aliphatic rings. The van der Waals surface area contributed by atoms with Crippen molar-refractivity contribution in [2.45, 2.75) is 6.92 Å². The van der Waals surface area contributed by atoms with Crippen molar-refractivity contribution < 1.29 is 18.7 Å². The maximum Gasteiger partial charge on any atom is 0.363 e. The number of aromatic nitrogens is 1. The molecule has 1 aromatic carbocycles. The second-order valence-electron chi connectivity index (χ2n) is 5.30. The molecule has 6 heteroatoms. The first-order valence-corrected chi connectivity index (χ1v) is 7.31. The molecule has 1 aliphatic heterocycles. The zero-order valence-corrected chi connectivity index (χ0v) is 12.7. The fourth-order valence-electron chi connectivity index (χ4n) is 2.64. The summed E-state index contributed by atoms with van der Waals surface area (Å²) in [4.78, 5) is 28.0. The monoisotopic (exact) mass is 320 g/mol. The van der Waals surface area contributed by atoms with Gasteiger partial charge in [0.05, 0.1) is 11.8 Å². The average molecular weight is 320 g/mol. The highest BCUT2D eigenvalue weighted by Crippen LogP contribution is 2.26. The predicted molar refractivity (Wildman–Crippen MR) is 87.6 cm³/mol. The van der Waals surface area contributed by atoms with E-state index in [9.17, 15) is 9.59 Å². The van der Waals surface area contributed by atoms with Crippen LogP contribution in [-0.4, -0.2) is 22.3 Å². The summed E-state index contributed by atoms with van der Waals surface area (Å²) in [7, 11) is 0. The van der Waals surface area contributed by atoms with Gasteiger partial charge in [0.2, 0.25) is 5.91 Å². The van der Waals surface area contributed by atoms with E-state index in [1.807, 2.05) is 24.3 Å². The van der Waals surface area contributed by atoms with Gasteiger partial charge in [0.1, 0.15) is 0 Å². The molecule has 0 atom stereocenters. The van der Waals surface area contributed by atoms with Crippen LogP contribution in [0.3, 0.4) is 0 Å². The van der Waals surface area contributed by atoms with Crippen molar-refractivity contribution in [2.24, 2.45) is 4.99 Å². The minimum Gasteiger partial charge on any atom is -0.459 e. The van der Waals surface area contributed by atoms with E-state index in [1.165, 1.54) is 13.2 Å². The molecule has 0 amide bonds. The SMILES string of the molecule is CC(=O)n1cc(/C=C2/N=C(c3ccco3)OC2=O)c2ccccc21. The van der Waals surface area contributed by atoms with Gasteiger partial charge in [-0.25, -0.2) is 9.79 Å². The van der Waals surface area contributed by atoms with Gasteiger partial charge in [-0.3, -0.25) is 9.36 Å². The number of carbonyl (C=O) groups is 2. The van der Waals surface area contributed by atoms with E-state index in [-0.39, 0.29) is 17.5 Å². The van der Waals surface area contributed by atoms with Crippen LogP contribution < -0.4 is 0 Å². The van der Waals surface area contributed by atoms with E-state index in [0.29, 0.717) is 5.76 Å². The van der Waals surface area contributed by atoms with Crippen molar-refractivity contribution in [1.82, 2.24) is 4.57 Å². The van der Waals surface area contributed by atoms with Gasteiger partial charge in [-0.1, -0.05) is 18.2 Å². The summed E-state index contributed by atoms with van der Waals surface area (Å²) < 4.78 is 11.9. The lowest BCUT2D eigenvalue weighted by Crippen LogP contribution is -2.04. The van der Waals surface area contributed by atoms with E-state index in [0.717, 1.165) is 16.5 Å². The van der Waals surface area contributed by atoms with E-state index >= 15 is 0 Å². The van der Waals surface area contributed by atoms with Crippen LogP contribution in [0.2, 0.25) is 0 Å². The number of para-hydroxylation sites is 1. The Morgan fingerprint density at radius 3 is 2.79 bits per heavy atom. The first-order chi connectivity index (χ1) is 11.6. The Morgan fingerprint density at radius 2 is 2.04 bits per heavy atom. The zero-order chi connectivity index (χ0) is 16.7. The molecule has 0 spiro atoms. The molecule has 3 aromatic rings. The highest BCUT2D eigenvalue weighted by Gasteiger charge is 2.26. The van der Waals surface area contributed by atoms with Crippen LogP contribution in [0.4, 0.5) is 0 Å². The van der Waals surface area contributed by atoms with Crippen molar-refractivity contribution in [3.63, 3.8) is 0 Å². The summed E-state index contributed by atoms with van der Waals surface area (Å²) in [6.45, 7) is 1.49. The fraction of sp³-hybridized carbons (Fsp3) is 0.0556. The lowest BCUT2D eigenvalue weighted by atomic mass is 10.1. The molecule has 0 aliphatic carbocycles. The Bertz CT molecular complexity index is 1020. The van der Waals surface area contributed by atoms with Gasteiger partial charge < -0.3 is 9.15 Å². The van der Waals surface area contributed by atoms with Crippen LogP contribution in [0.25, 0.3) is 17.0 Å². The second-order valence-corrected chi connectivity index (χ2v) is 5.30. The van der Waals surface area contributed by atoms with Gasteiger partial charge in [-0.15, -0.1) is 0 Å². The highest BCUT2D eigenvalue weighted by atomic mass is 16.6. The third-order valence-electron chi connectivity index (χ3n) is 3.73. The summed E-state index contributed by atoms with van der Waals surface area (Å²) in [6.07, 6.45) is 4.78. The van der Waals surface area contributed by atoms with Gasteiger partial charge in [-0.05, 0) is 24.3 Å². The number of hydrogen-bond donors (Lipinski definition) is 0. The summed E-state index contributed by atoms with van der Waals surface area (Å²) in [5.41, 5.74) is 1.66. The maximum absolute atomic E-state index is 12.0. The average Bonchev–Trinajstić information content (AvgIpc) is 3.28. The van der Waals surface area contributed by atoms with Crippen molar-refractivity contribution >= 4 is 34.8 Å². The Labute approximate surface area is 136 Å². The molecular formula is C18H12N2O4. The van der Waals surface area contributed by atoms with Crippen LogP contribution in [0, 0.1) is 0 Å². The number of furan rings is 1. The Hall–Kier alpha value is -3.41. The van der Waals surface area contributed by atoms with Gasteiger partial charge >= 0.3 is 5.97 Å².